The van der Waals surface area contributed by atoms with Crippen molar-refractivity contribution in [2.75, 3.05) is 18.2 Å². The minimum atomic E-state index is -3.09. The summed E-state index contributed by atoms with van der Waals surface area (Å²) in [5.41, 5.74) is 0. The summed E-state index contributed by atoms with van der Waals surface area (Å²) < 4.78 is 25.6. The third-order valence-corrected chi connectivity index (χ3v) is 4.85. The zero-order valence-electron chi connectivity index (χ0n) is 9.21. The average molecular weight is 254 g/mol. The number of rotatable bonds is 6. The fourth-order valence-corrected chi connectivity index (χ4v) is 3.51. The van der Waals surface area contributed by atoms with Gasteiger partial charge in [0.15, 0.2) is 0 Å². The molecule has 0 aromatic carbocycles. The van der Waals surface area contributed by atoms with E-state index in [-0.39, 0.29) is 5.75 Å². The van der Waals surface area contributed by atoms with Crippen molar-refractivity contribution in [3.63, 3.8) is 0 Å². The predicted octanol–water partition coefficient (Wildman–Crippen LogP) is 1.97. The summed E-state index contributed by atoms with van der Waals surface area (Å²) in [7, 11) is -3.09. The second kappa shape index (κ2) is 6.06. The lowest BCUT2D eigenvalue weighted by Gasteiger charge is -2.15. The lowest BCUT2D eigenvalue weighted by atomic mass is 9.99. The SMILES string of the molecule is CC1CCCC1CNS(=O)(=O)CCCCl. The maximum atomic E-state index is 11.5. The van der Waals surface area contributed by atoms with E-state index in [4.69, 9.17) is 11.6 Å². The third-order valence-electron chi connectivity index (χ3n) is 3.15. The van der Waals surface area contributed by atoms with Crippen LogP contribution in [0.15, 0.2) is 0 Å². The molecule has 0 radical (unpaired) electrons. The van der Waals surface area contributed by atoms with Crippen molar-refractivity contribution in [2.45, 2.75) is 32.6 Å². The average Bonchev–Trinajstić information content (AvgIpc) is 2.58. The van der Waals surface area contributed by atoms with Gasteiger partial charge in [-0.3, -0.25) is 0 Å². The predicted molar refractivity (Wildman–Crippen MR) is 63.6 cm³/mol. The molecule has 2 unspecified atom stereocenters. The first-order valence-electron chi connectivity index (χ1n) is 5.58. The Morgan fingerprint density at radius 2 is 2.13 bits per heavy atom. The highest BCUT2D eigenvalue weighted by molar-refractivity contribution is 7.89. The molecule has 1 fully saturated rings. The number of nitrogens with one attached hydrogen (secondary N) is 1. The summed E-state index contributed by atoms with van der Waals surface area (Å²) in [6.07, 6.45) is 4.14. The molecule has 1 aliphatic carbocycles. The van der Waals surface area contributed by atoms with Gasteiger partial charge < -0.3 is 0 Å². The lowest BCUT2D eigenvalue weighted by molar-refractivity contribution is 0.414. The van der Waals surface area contributed by atoms with Gasteiger partial charge in [-0.15, -0.1) is 11.6 Å². The van der Waals surface area contributed by atoms with Crippen molar-refractivity contribution >= 4 is 21.6 Å². The van der Waals surface area contributed by atoms with Crippen LogP contribution in [0.4, 0.5) is 0 Å². The molecule has 0 aromatic rings. The maximum Gasteiger partial charge on any atom is 0.211 e. The molecule has 0 amide bonds. The van der Waals surface area contributed by atoms with E-state index in [1.165, 1.54) is 12.8 Å². The second-order valence-corrected chi connectivity index (χ2v) is 6.68. The van der Waals surface area contributed by atoms with E-state index in [1.54, 1.807) is 0 Å². The minimum absolute atomic E-state index is 0.150. The number of halogens is 1. The molecule has 15 heavy (non-hydrogen) atoms. The molecule has 1 aliphatic rings. The molecule has 0 aromatic heterocycles. The summed E-state index contributed by atoms with van der Waals surface area (Å²) in [6.45, 7) is 2.80. The fourth-order valence-electron chi connectivity index (χ4n) is 2.08. The topological polar surface area (TPSA) is 46.2 Å². The van der Waals surface area contributed by atoms with Crippen molar-refractivity contribution in [1.82, 2.24) is 4.72 Å². The molecule has 3 nitrogen and oxygen atoms in total. The number of alkyl halides is 1. The first-order valence-corrected chi connectivity index (χ1v) is 7.77. The smallest absolute Gasteiger partial charge is 0.211 e. The molecule has 1 N–H and O–H groups in total. The quantitative estimate of drug-likeness (QED) is 0.736. The Morgan fingerprint density at radius 1 is 1.40 bits per heavy atom. The Hall–Kier alpha value is 0.200. The first-order chi connectivity index (χ1) is 7.05. The van der Waals surface area contributed by atoms with Gasteiger partial charge in [0.25, 0.3) is 0 Å². The molecule has 0 aliphatic heterocycles. The Morgan fingerprint density at radius 3 is 2.67 bits per heavy atom. The van der Waals surface area contributed by atoms with E-state index in [0.717, 1.165) is 6.42 Å². The van der Waals surface area contributed by atoms with Crippen molar-refractivity contribution in [2.24, 2.45) is 11.8 Å². The Balaban J connectivity index is 2.29. The van der Waals surface area contributed by atoms with E-state index < -0.39 is 10.0 Å². The van der Waals surface area contributed by atoms with Crippen LogP contribution in [0.5, 0.6) is 0 Å². The standard InChI is InChI=1S/C10H20ClNO2S/c1-9-4-2-5-10(9)8-12-15(13,14)7-3-6-11/h9-10,12H,2-8H2,1H3. The van der Waals surface area contributed by atoms with Crippen LogP contribution in [0, 0.1) is 11.8 Å². The van der Waals surface area contributed by atoms with Gasteiger partial charge in [-0.1, -0.05) is 19.8 Å². The van der Waals surface area contributed by atoms with Gasteiger partial charge in [0, 0.05) is 12.4 Å². The molecule has 5 heteroatoms. The highest BCUT2D eigenvalue weighted by Crippen LogP contribution is 2.30. The molecule has 0 spiro atoms. The van der Waals surface area contributed by atoms with Crippen LogP contribution in [-0.4, -0.2) is 26.6 Å². The zero-order chi connectivity index (χ0) is 11.3. The molecular weight excluding hydrogens is 234 g/mol. The summed E-state index contributed by atoms with van der Waals surface area (Å²) in [6, 6.07) is 0. The Bertz CT molecular complexity index is 279. The summed E-state index contributed by atoms with van der Waals surface area (Å²) in [4.78, 5) is 0. The van der Waals surface area contributed by atoms with E-state index in [0.29, 0.717) is 30.7 Å². The van der Waals surface area contributed by atoms with E-state index in [2.05, 4.69) is 11.6 Å². The van der Waals surface area contributed by atoms with Crippen LogP contribution in [0.25, 0.3) is 0 Å². The maximum absolute atomic E-state index is 11.5. The largest absolute Gasteiger partial charge is 0.215 e. The van der Waals surface area contributed by atoms with Crippen LogP contribution >= 0.6 is 11.6 Å². The Labute approximate surface area is 97.6 Å². The number of sulfonamides is 1. The summed E-state index contributed by atoms with van der Waals surface area (Å²) >= 11 is 5.47. The van der Waals surface area contributed by atoms with Gasteiger partial charge in [-0.25, -0.2) is 13.1 Å². The van der Waals surface area contributed by atoms with E-state index in [9.17, 15) is 8.42 Å². The molecule has 2 atom stereocenters. The molecule has 1 rings (SSSR count). The van der Waals surface area contributed by atoms with Crippen molar-refractivity contribution in [3.8, 4) is 0 Å². The summed E-state index contributed by atoms with van der Waals surface area (Å²) in [5.74, 6) is 1.73. The zero-order valence-corrected chi connectivity index (χ0v) is 10.8. The first kappa shape index (κ1) is 13.3. The molecule has 0 bridgehead atoms. The van der Waals surface area contributed by atoms with Gasteiger partial charge >= 0.3 is 0 Å². The summed E-state index contributed by atoms with van der Waals surface area (Å²) in [5, 5.41) is 0. The molecule has 0 heterocycles. The Kier molecular flexibility index (Phi) is 5.36. The van der Waals surface area contributed by atoms with Crippen LogP contribution in [0.2, 0.25) is 0 Å². The molecule has 90 valence electrons. The van der Waals surface area contributed by atoms with Gasteiger partial charge in [0.1, 0.15) is 0 Å². The lowest BCUT2D eigenvalue weighted by Crippen LogP contribution is -2.32. The van der Waals surface area contributed by atoms with E-state index >= 15 is 0 Å². The molecule has 1 saturated carbocycles. The number of hydrogen-bond acceptors (Lipinski definition) is 2. The number of hydrogen-bond donors (Lipinski definition) is 1. The van der Waals surface area contributed by atoms with Gasteiger partial charge in [0.05, 0.1) is 5.75 Å². The van der Waals surface area contributed by atoms with Crippen molar-refractivity contribution in [3.05, 3.63) is 0 Å². The monoisotopic (exact) mass is 253 g/mol. The van der Waals surface area contributed by atoms with E-state index in [1.807, 2.05) is 0 Å². The highest BCUT2D eigenvalue weighted by atomic mass is 35.5. The van der Waals surface area contributed by atoms with Crippen LogP contribution in [-0.2, 0) is 10.0 Å². The van der Waals surface area contributed by atoms with Gasteiger partial charge in [-0.2, -0.15) is 0 Å². The van der Waals surface area contributed by atoms with Crippen LogP contribution in [0.1, 0.15) is 32.6 Å². The van der Waals surface area contributed by atoms with Gasteiger partial charge in [0.2, 0.25) is 10.0 Å². The molecular formula is C10H20ClNO2S. The second-order valence-electron chi connectivity index (χ2n) is 4.38. The van der Waals surface area contributed by atoms with Crippen molar-refractivity contribution < 1.29 is 8.42 Å². The van der Waals surface area contributed by atoms with Gasteiger partial charge in [-0.05, 0) is 24.7 Å². The van der Waals surface area contributed by atoms with Crippen LogP contribution in [0.3, 0.4) is 0 Å². The fraction of sp³-hybridized carbons (Fsp3) is 1.00. The van der Waals surface area contributed by atoms with Crippen LogP contribution < -0.4 is 4.72 Å². The van der Waals surface area contributed by atoms with Crippen molar-refractivity contribution in [1.29, 1.82) is 0 Å². The normalized spacial score (nSPS) is 27.1. The molecule has 0 saturated heterocycles. The minimum Gasteiger partial charge on any atom is -0.215 e. The third kappa shape index (κ3) is 4.70. The highest BCUT2D eigenvalue weighted by Gasteiger charge is 2.24.